The van der Waals surface area contributed by atoms with Crippen molar-refractivity contribution in [3.8, 4) is 0 Å². The minimum absolute atomic E-state index is 0.0676. The molecule has 0 aliphatic heterocycles. The predicted octanol–water partition coefficient (Wildman–Crippen LogP) is 1.90. The Morgan fingerprint density at radius 3 is 2.64 bits per heavy atom. The van der Waals surface area contributed by atoms with E-state index in [0.29, 0.717) is 24.8 Å². The van der Waals surface area contributed by atoms with E-state index in [9.17, 15) is 24.9 Å². The summed E-state index contributed by atoms with van der Waals surface area (Å²) in [5.74, 6) is -2.12. The number of hydrogen-bond acceptors (Lipinski definition) is 5. The third-order valence-electron chi connectivity index (χ3n) is 8.79. The number of alkyl halides is 1. The SMILES string of the molecule is CC1C[C@H]2[C@H]3CCC4=CC(=O)C=C[C@@]4(C)C3(F)C(O)C[C@@]2(C)[C@@]1(O)C(=O)CO. The van der Waals surface area contributed by atoms with Crippen molar-refractivity contribution < 1.29 is 29.3 Å². The summed E-state index contributed by atoms with van der Waals surface area (Å²) in [5.41, 5.74) is -5.17. The van der Waals surface area contributed by atoms with Crippen LogP contribution in [0.15, 0.2) is 23.8 Å². The zero-order valence-electron chi connectivity index (χ0n) is 16.6. The molecule has 0 spiro atoms. The lowest BCUT2D eigenvalue weighted by Crippen LogP contribution is -2.69. The van der Waals surface area contributed by atoms with Crippen molar-refractivity contribution in [3.63, 3.8) is 0 Å². The normalized spacial score (nSPS) is 52.5. The molecule has 4 aliphatic carbocycles. The van der Waals surface area contributed by atoms with Crippen molar-refractivity contribution >= 4 is 11.6 Å². The lowest BCUT2D eigenvalue weighted by molar-refractivity contribution is -0.219. The van der Waals surface area contributed by atoms with Crippen molar-refractivity contribution in [3.05, 3.63) is 23.8 Å². The summed E-state index contributed by atoms with van der Waals surface area (Å²) in [6, 6.07) is 0. The van der Waals surface area contributed by atoms with Crippen molar-refractivity contribution in [1.29, 1.82) is 0 Å². The van der Waals surface area contributed by atoms with E-state index in [1.807, 2.05) is 0 Å². The van der Waals surface area contributed by atoms with E-state index in [1.165, 1.54) is 12.2 Å². The van der Waals surface area contributed by atoms with Gasteiger partial charge in [0.2, 0.25) is 0 Å². The van der Waals surface area contributed by atoms with Gasteiger partial charge in [-0.05, 0) is 56.6 Å². The Morgan fingerprint density at radius 2 is 2.00 bits per heavy atom. The van der Waals surface area contributed by atoms with Crippen LogP contribution in [-0.2, 0) is 9.59 Å². The first kappa shape index (κ1) is 19.9. The van der Waals surface area contributed by atoms with Gasteiger partial charge in [-0.2, -0.15) is 0 Å². The molecular weight excluding hydrogens is 363 g/mol. The zero-order chi connectivity index (χ0) is 20.7. The van der Waals surface area contributed by atoms with Gasteiger partial charge in [0.25, 0.3) is 0 Å². The Kier molecular flexibility index (Phi) is 4.15. The summed E-state index contributed by atoms with van der Waals surface area (Å²) in [7, 11) is 0. The molecule has 0 saturated heterocycles. The Hall–Kier alpha value is -1.37. The van der Waals surface area contributed by atoms with Gasteiger partial charge in [-0.25, -0.2) is 4.39 Å². The highest BCUT2D eigenvalue weighted by Crippen LogP contribution is 2.70. The average molecular weight is 392 g/mol. The van der Waals surface area contributed by atoms with E-state index in [4.69, 9.17) is 0 Å². The highest BCUT2D eigenvalue weighted by molar-refractivity contribution is 6.01. The molecule has 3 saturated carbocycles. The standard InChI is InChI=1S/C22H29FO5/c1-12-8-16-15-5-4-13-9-14(25)6-7-19(13,2)21(15,23)17(26)10-20(16,3)22(12,28)18(27)11-24/h6-7,9,12,15-17,24,26,28H,4-5,8,10-11H2,1-3H3/t12?,15-,16+,17?,19-,20-,21?,22+/m1/s1. The molecule has 3 N–H and O–H groups in total. The number of aliphatic hydroxyl groups excluding tert-OH is 2. The molecule has 4 rings (SSSR count). The fourth-order valence-electron chi connectivity index (χ4n) is 7.26. The molecule has 3 unspecified atom stereocenters. The molecule has 0 aromatic carbocycles. The number of carbonyl (C=O) groups is 2. The van der Waals surface area contributed by atoms with Crippen LogP contribution in [0.2, 0.25) is 0 Å². The van der Waals surface area contributed by atoms with E-state index in [2.05, 4.69) is 0 Å². The lowest BCUT2D eigenvalue weighted by Gasteiger charge is -2.62. The maximum absolute atomic E-state index is 16.9. The Balaban J connectivity index is 1.84. The molecule has 0 amide bonds. The number of fused-ring (bicyclic) bond motifs is 5. The van der Waals surface area contributed by atoms with Crippen molar-refractivity contribution in [1.82, 2.24) is 0 Å². The molecule has 0 aromatic rings. The summed E-state index contributed by atoms with van der Waals surface area (Å²) in [6.45, 7) is 4.48. The molecule has 0 heterocycles. The van der Waals surface area contributed by atoms with Gasteiger partial charge < -0.3 is 15.3 Å². The smallest absolute Gasteiger partial charge is 0.190 e. The van der Waals surface area contributed by atoms with Crippen LogP contribution in [0.5, 0.6) is 0 Å². The largest absolute Gasteiger partial charge is 0.390 e. The fraction of sp³-hybridized carbons (Fsp3) is 0.727. The Morgan fingerprint density at radius 1 is 1.32 bits per heavy atom. The lowest BCUT2D eigenvalue weighted by atomic mass is 9.44. The molecule has 28 heavy (non-hydrogen) atoms. The second-order valence-corrected chi connectivity index (χ2v) is 9.75. The van der Waals surface area contributed by atoms with Crippen LogP contribution in [0, 0.1) is 28.6 Å². The second kappa shape index (κ2) is 5.83. The van der Waals surface area contributed by atoms with E-state index >= 15 is 4.39 Å². The first-order valence-electron chi connectivity index (χ1n) is 10.1. The molecular formula is C22H29FO5. The van der Waals surface area contributed by atoms with E-state index in [1.54, 1.807) is 26.8 Å². The first-order valence-corrected chi connectivity index (χ1v) is 10.1. The van der Waals surface area contributed by atoms with Crippen molar-refractivity contribution in [2.75, 3.05) is 6.61 Å². The topological polar surface area (TPSA) is 94.8 Å². The van der Waals surface area contributed by atoms with Gasteiger partial charge in [0.15, 0.2) is 17.2 Å². The third-order valence-corrected chi connectivity index (χ3v) is 8.79. The van der Waals surface area contributed by atoms with Gasteiger partial charge in [-0.1, -0.05) is 25.5 Å². The second-order valence-electron chi connectivity index (χ2n) is 9.75. The van der Waals surface area contributed by atoms with Gasteiger partial charge in [0.1, 0.15) is 12.2 Å². The number of ketones is 2. The number of Topliss-reactive ketones (excluding diaryl/α,β-unsaturated/α-hetero) is 1. The van der Waals surface area contributed by atoms with E-state index < -0.39 is 52.4 Å². The quantitative estimate of drug-likeness (QED) is 0.667. The maximum Gasteiger partial charge on any atom is 0.190 e. The van der Waals surface area contributed by atoms with Crippen molar-refractivity contribution in [2.24, 2.45) is 28.6 Å². The van der Waals surface area contributed by atoms with Crippen LogP contribution < -0.4 is 0 Å². The highest BCUT2D eigenvalue weighted by Gasteiger charge is 2.75. The number of halogens is 1. The molecule has 6 heteroatoms. The Labute approximate surface area is 164 Å². The van der Waals surface area contributed by atoms with Crippen molar-refractivity contribution in [2.45, 2.75) is 63.8 Å². The summed E-state index contributed by atoms with van der Waals surface area (Å²) in [4.78, 5) is 24.4. The summed E-state index contributed by atoms with van der Waals surface area (Å²) in [6.07, 6.45) is 4.44. The summed E-state index contributed by atoms with van der Waals surface area (Å²) < 4.78 is 16.9. The van der Waals surface area contributed by atoms with Gasteiger partial charge in [0.05, 0.1) is 6.10 Å². The van der Waals surface area contributed by atoms with Crippen LogP contribution in [0.25, 0.3) is 0 Å². The van der Waals surface area contributed by atoms with E-state index in [-0.39, 0.29) is 18.1 Å². The number of allylic oxidation sites excluding steroid dienone is 4. The van der Waals surface area contributed by atoms with Crippen LogP contribution >= 0.6 is 0 Å². The molecule has 0 bridgehead atoms. The van der Waals surface area contributed by atoms with Crippen LogP contribution in [0.1, 0.15) is 46.5 Å². The van der Waals surface area contributed by atoms with E-state index in [0.717, 1.165) is 0 Å². The Bertz CT molecular complexity index is 805. The van der Waals surface area contributed by atoms with Crippen LogP contribution in [0.3, 0.4) is 0 Å². The number of hydrogen-bond donors (Lipinski definition) is 3. The molecule has 3 fully saturated rings. The average Bonchev–Trinajstić information content (AvgIpc) is 2.84. The third kappa shape index (κ3) is 2.01. The monoisotopic (exact) mass is 392 g/mol. The van der Waals surface area contributed by atoms with Gasteiger partial charge in [0, 0.05) is 16.7 Å². The highest BCUT2D eigenvalue weighted by atomic mass is 19.1. The molecule has 0 aromatic heterocycles. The van der Waals surface area contributed by atoms with Crippen LogP contribution in [-0.4, -0.2) is 50.9 Å². The first-order chi connectivity index (χ1) is 13.0. The molecule has 0 radical (unpaired) electrons. The van der Waals surface area contributed by atoms with Gasteiger partial charge in [-0.15, -0.1) is 0 Å². The molecule has 4 aliphatic rings. The number of carbonyl (C=O) groups excluding carboxylic acids is 2. The minimum Gasteiger partial charge on any atom is -0.390 e. The minimum atomic E-state index is -1.98. The zero-order valence-corrected chi connectivity index (χ0v) is 16.6. The van der Waals surface area contributed by atoms with Gasteiger partial charge >= 0.3 is 0 Å². The number of rotatable bonds is 2. The molecule has 154 valence electrons. The summed E-state index contributed by atoms with van der Waals surface area (Å²) >= 11 is 0. The predicted molar refractivity (Wildman–Crippen MR) is 99.9 cm³/mol. The number of aliphatic hydroxyl groups is 3. The summed E-state index contributed by atoms with van der Waals surface area (Å²) in [5, 5.41) is 32.0. The fourth-order valence-corrected chi connectivity index (χ4v) is 7.26. The van der Waals surface area contributed by atoms with Gasteiger partial charge in [-0.3, -0.25) is 9.59 Å². The van der Waals surface area contributed by atoms with Crippen LogP contribution in [0.4, 0.5) is 4.39 Å². The maximum atomic E-state index is 16.9. The molecule has 8 atom stereocenters. The molecule has 5 nitrogen and oxygen atoms in total.